The highest BCUT2D eigenvalue weighted by Gasteiger charge is 2.39. The monoisotopic (exact) mass is 414 g/mol. The van der Waals surface area contributed by atoms with Gasteiger partial charge in [-0.25, -0.2) is 0 Å². The van der Waals surface area contributed by atoms with Crippen LogP contribution in [0.2, 0.25) is 0 Å². The molecular weight excluding hydrogens is 389 g/mol. The van der Waals surface area contributed by atoms with Crippen LogP contribution in [0.3, 0.4) is 0 Å². The van der Waals surface area contributed by atoms with E-state index in [1.807, 2.05) is 0 Å². The summed E-state index contributed by atoms with van der Waals surface area (Å²) in [5, 5.41) is -0.730. The van der Waals surface area contributed by atoms with Crippen LogP contribution in [0.25, 0.3) is 0 Å². The molecular formula is C20H25F3N2O2S. The van der Waals surface area contributed by atoms with Crippen molar-refractivity contribution in [2.45, 2.75) is 49.4 Å². The molecule has 0 spiro atoms. The summed E-state index contributed by atoms with van der Waals surface area (Å²) in [5.41, 5.74) is -0.222. The lowest BCUT2D eigenvalue weighted by molar-refractivity contribution is -0.138. The summed E-state index contributed by atoms with van der Waals surface area (Å²) in [7, 11) is 1.77. The van der Waals surface area contributed by atoms with E-state index < -0.39 is 17.1 Å². The van der Waals surface area contributed by atoms with Gasteiger partial charge in [-0.2, -0.15) is 13.2 Å². The smallest absolute Gasteiger partial charge is 0.345 e. The normalized spacial score (nSPS) is 23.0. The Labute approximate surface area is 167 Å². The quantitative estimate of drug-likeness (QED) is 0.696. The first-order valence-electron chi connectivity index (χ1n) is 9.56. The molecule has 4 nitrogen and oxygen atoms in total. The summed E-state index contributed by atoms with van der Waals surface area (Å²) in [6, 6.07) is 5.19. The lowest BCUT2D eigenvalue weighted by Crippen LogP contribution is -2.38. The van der Waals surface area contributed by atoms with Crippen molar-refractivity contribution in [2.75, 3.05) is 20.1 Å². The molecule has 2 atom stereocenters. The van der Waals surface area contributed by atoms with Crippen LogP contribution in [0.1, 0.15) is 49.1 Å². The maximum atomic E-state index is 13.0. The van der Waals surface area contributed by atoms with E-state index in [-0.39, 0.29) is 23.0 Å². The van der Waals surface area contributed by atoms with Gasteiger partial charge in [0.25, 0.3) is 0 Å². The van der Waals surface area contributed by atoms with Gasteiger partial charge in [0.05, 0.1) is 10.8 Å². The Morgan fingerprint density at radius 3 is 2.64 bits per heavy atom. The van der Waals surface area contributed by atoms with E-state index >= 15 is 0 Å². The lowest BCUT2D eigenvalue weighted by Gasteiger charge is -2.30. The van der Waals surface area contributed by atoms with Crippen LogP contribution in [-0.2, 0) is 15.8 Å². The predicted octanol–water partition coefficient (Wildman–Crippen LogP) is 4.32. The van der Waals surface area contributed by atoms with Crippen LogP contribution in [0.4, 0.5) is 13.2 Å². The van der Waals surface area contributed by atoms with E-state index in [1.165, 1.54) is 17.8 Å². The molecule has 0 radical (unpaired) electrons. The summed E-state index contributed by atoms with van der Waals surface area (Å²) in [6.45, 7) is 2.73. The second-order valence-electron chi connectivity index (χ2n) is 7.53. The number of carbonyl (C=O) groups excluding carboxylic acids is 2. The fourth-order valence-electron chi connectivity index (χ4n) is 3.58. The van der Waals surface area contributed by atoms with Gasteiger partial charge in [0.2, 0.25) is 11.8 Å². The maximum absolute atomic E-state index is 13.0. The van der Waals surface area contributed by atoms with Crippen LogP contribution in [0.15, 0.2) is 24.3 Å². The minimum absolute atomic E-state index is 0.0691. The average Bonchev–Trinajstić information content (AvgIpc) is 2.88. The number of halogens is 3. The van der Waals surface area contributed by atoms with Crippen LogP contribution >= 0.6 is 11.8 Å². The molecule has 154 valence electrons. The van der Waals surface area contributed by atoms with Gasteiger partial charge in [0.1, 0.15) is 5.37 Å². The number of carbonyl (C=O) groups is 2. The molecule has 1 heterocycles. The van der Waals surface area contributed by atoms with Crippen molar-refractivity contribution in [2.24, 2.45) is 5.92 Å². The van der Waals surface area contributed by atoms with Gasteiger partial charge in [-0.1, -0.05) is 18.6 Å². The Morgan fingerprint density at radius 1 is 1.32 bits per heavy atom. The van der Waals surface area contributed by atoms with Crippen LogP contribution < -0.4 is 0 Å². The molecule has 1 aromatic rings. The molecule has 0 aromatic heterocycles. The van der Waals surface area contributed by atoms with Gasteiger partial charge >= 0.3 is 6.18 Å². The molecule has 2 amide bonds. The number of hydrogen-bond donors (Lipinski definition) is 0. The Balaban J connectivity index is 1.65. The van der Waals surface area contributed by atoms with E-state index in [2.05, 4.69) is 0 Å². The van der Waals surface area contributed by atoms with E-state index in [0.717, 1.165) is 31.4 Å². The first-order valence-corrected chi connectivity index (χ1v) is 10.5. The van der Waals surface area contributed by atoms with E-state index in [0.29, 0.717) is 25.1 Å². The van der Waals surface area contributed by atoms with Gasteiger partial charge in [-0.3, -0.25) is 9.59 Å². The fraction of sp³-hybridized carbons (Fsp3) is 0.600. The van der Waals surface area contributed by atoms with Crippen molar-refractivity contribution in [3.05, 3.63) is 35.4 Å². The highest BCUT2D eigenvalue weighted by Crippen LogP contribution is 2.44. The number of rotatable bonds is 6. The number of thioether (sulfide) groups is 1. The highest BCUT2D eigenvalue weighted by atomic mass is 32.2. The molecule has 1 saturated carbocycles. The molecule has 28 heavy (non-hydrogen) atoms. The summed E-state index contributed by atoms with van der Waals surface area (Å²) >= 11 is 1.37. The van der Waals surface area contributed by atoms with E-state index in [9.17, 15) is 22.8 Å². The Hall–Kier alpha value is -1.70. The second kappa shape index (κ2) is 8.35. The van der Waals surface area contributed by atoms with Crippen LogP contribution in [0, 0.1) is 5.92 Å². The molecule has 1 saturated heterocycles. The number of alkyl halides is 3. The summed E-state index contributed by atoms with van der Waals surface area (Å²) < 4.78 is 39.1. The molecule has 1 aliphatic carbocycles. The maximum Gasteiger partial charge on any atom is 0.416 e. The Bertz CT molecular complexity index is 736. The SMILES string of the molecule is C[C@H]1S[C@@H](c2cccc(C(F)(F)F)c2)N(CCCN(C)C(=O)C2CCC2)C1=O. The zero-order valence-electron chi connectivity index (χ0n) is 16.0. The highest BCUT2D eigenvalue weighted by molar-refractivity contribution is 8.01. The van der Waals surface area contributed by atoms with E-state index in [1.54, 1.807) is 29.8 Å². The van der Waals surface area contributed by atoms with Gasteiger partial charge in [0.15, 0.2) is 0 Å². The Morgan fingerprint density at radius 2 is 2.04 bits per heavy atom. The molecule has 1 aliphatic heterocycles. The first-order chi connectivity index (χ1) is 13.2. The number of nitrogens with zero attached hydrogens (tertiary/aromatic N) is 2. The third-order valence-electron chi connectivity index (χ3n) is 5.47. The third-order valence-corrected chi connectivity index (χ3v) is 6.86. The molecule has 8 heteroatoms. The van der Waals surface area contributed by atoms with Crippen molar-refractivity contribution in [1.29, 1.82) is 0 Å². The largest absolute Gasteiger partial charge is 0.416 e. The predicted molar refractivity (Wildman–Crippen MR) is 103 cm³/mol. The molecule has 0 bridgehead atoms. The van der Waals surface area contributed by atoms with E-state index in [4.69, 9.17) is 0 Å². The minimum atomic E-state index is -4.41. The molecule has 2 aliphatic rings. The standard InChI is InChI=1S/C20H25F3N2O2S/c1-13-17(26)25(11-5-10-24(2)18(27)14-6-3-7-14)19(28-13)15-8-4-9-16(12-15)20(21,22)23/h4,8-9,12-14,19H,3,5-7,10-11H2,1-2H3/t13-,19+/m1/s1. The molecule has 0 unspecified atom stereocenters. The minimum Gasteiger partial charge on any atom is -0.345 e. The van der Waals surface area contributed by atoms with Crippen LogP contribution in [-0.4, -0.2) is 47.0 Å². The summed E-state index contributed by atoms with van der Waals surface area (Å²) in [6.07, 6.45) is -0.826. The van der Waals surface area contributed by atoms with Crippen molar-refractivity contribution in [1.82, 2.24) is 9.80 Å². The molecule has 1 aromatic carbocycles. The molecule has 0 N–H and O–H groups in total. The van der Waals surface area contributed by atoms with Gasteiger partial charge in [-0.05, 0) is 43.9 Å². The number of amides is 2. The average molecular weight is 414 g/mol. The number of hydrogen-bond acceptors (Lipinski definition) is 3. The van der Waals surface area contributed by atoms with Crippen molar-refractivity contribution < 1.29 is 22.8 Å². The molecule has 3 rings (SSSR count). The van der Waals surface area contributed by atoms with Gasteiger partial charge in [-0.15, -0.1) is 11.8 Å². The van der Waals surface area contributed by atoms with Crippen LogP contribution in [0.5, 0.6) is 0 Å². The Kier molecular flexibility index (Phi) is 6.27. The van der Waals surface area contributed by atoms with Crippen molar-refractivity contribution in [3.63, 3.8) is 0 Å². The lowest BCUT2D eigenvalue weighted by atomic mass is 9.84. The number of benzene rings is 1. The van der Waals surface area contributed by atoms with Gasteiger partial charge in [0, 0.05) is 26.1 Å². The summed E-state index contributed by atoms with van der Waals surface area (Å²) in [4.78, 5) is 28.1. The third kappa shape index (κ3) is 4.47. The van der Waals surface area contributed by atoms with Gasteiger partial charge < -0.3 is 9.80 Å². The second-order valence-corrected chi connectivity index (χ2v) is 8.95. The first kappa shape index (κ1) is 21.0. The fourth-order valence-corrected chi connectivity index (χ4v) is 4.88. The topological polar surface area (TPSA) is 40.6 Å². The zero-order valence-corrected chi connectivity index (χ0v) is 16.9. The van der Waals surface area contributed by atoms with Crippen molar-refractivity contribution >= 4 is 23.6 Å². The summed E-state index contributed by atoms with van der Waals surface area (Å²) in [5.74, 6) is 0.211. The molecule has 2 fully saturated rings. The zero-order chi connectivity index (χ0) is 20.5. The van der Waals surface area contributed by atoms with Crippen molar-refractivity contribution in [3.8, 4) is 0 Å².